The lowest BCUT2D eigenvalue weighted by molar-refractivity contribution is -0.141. The van der Waals surface area contributed by atoms with Crippen LogP contribution < -0.4 is 5.32 Å². The number of carbonyl (C=O) groups excluding carboxylic acids is 1. The van der Waals surface area contributed by atoms with Crippen LogP contribution in [0.4, 0.5) is 0 Å². The fraction of sp³-hybridized carbons (Fsp3) is 0.889. The van der Waals surface area contributed by atoms with Gasteiger partial charge in [0.15, 0.2) is 0 Å². The Labute approximate surface area is 95.2 Å². The largest absolute Gasteiger partial charge is 0.387 e. The van der Waals surface area contributed by atoms with Crippen LogP contribution in [0.3, 0.4) is 0 Å². The Kier molecular flexibility index (Phi) is 5.38. The number of hydrogen-bond acceptors (Lipinski definition) is 5. The Morgan fingerprint density at radius 1 is 1.80 bits per heavy atom. The molecule has 0 radical (unpaired) electrons. The normalized spacial score (nSPS) is 23.9. The standard InChI is InChI=1S/C9H18N2O3S/c1-7(15)10-4-8-5-11(2-3-14-8)9(13)6-12/h7-8,10,12,15H,2-6H2,1H3. The number of carbonyl (C=O) groups is 1. The first kappa shape index (κ1) is 12.8. The van der Waals surface area contributed by atoms with Gasteiger partial charge in [-0.25, -0.2) is 0 Å². The van der Waals surface area contributed by atoms with Gasteiger partial charge in [0.1, 0.15) is 6.61 Å². The molecule has 5 nitrogen and oxygen atoms in total. The molecule has 0 aromatic heterocycles. The quantitative estimate of drug-likeness (QED) is 0.434. The number of aliphatic hydroxyl groups excluding tert-OH is 1. The summed E-state index contributed by atoms with van der Waals surface area (Å²) in [4.78, 5) is 12.9. The van der Waals surface area contributed by atoms with E-state index in [1.807, 2.05) is 6.92 Å². The van der Waals surface area contributed by atoms with Gasteiger partial charge in [-0.3, -0.25) is 4.79 Å². The molecule has 0 saturated carbocycles. The van der Waals surface area contributed by atoms with Crippen molar-refractivity contribution in [3.05, 3.63) is 0 Å². The van der Waals surface area contributed by atoms with Gasteiger partial charge < -0.3 is 20.1 Å². The third kappa shape index (κ3) is 4.38. The molecule has 1 fully saturated rings. The molecule has 1 saturated heterocycles. The van der Waals surface area contributed by atoms with E-state index in [0.717, 1.165) is 0 Å². The molecule has 1 heterocycles. The zero-order valence-electron chi connectivity index (χ0n) is 8.85. The summed E-state index contributed by atoms with van der Waals surface area (Å²) in [5, 5.41) is 12.0. The second-order valence-electron chi connectivity index (χ2n) is 3.57. The Morgan fingerprint density at radius 3 is 3.13 bits per heavy atom. The van der Waals surface area contributed by atoms with E-state index >= 15 is 0 Å². The van der Waals surface area contributed by atoms with Gasteiger partial charge in [-0.15, -0.1) is 0 Å². The van der Waals surface area contributed by atoms with E-state index in [4.69, 9.17) is 9.84 Å². The molecule has 0 aromatic carbocycles. The van der Waals surface area contributed by atoms with Crippen molar-refractivity contribution >= 4 is 18.5 Å². The van der Waals surface area contributed by atoms with Crippen LogP contribution in [-0.2, 0) is 9.53 Å². The summed E-state index contributed by atoms with van der Waals surface area (Å²) in [6, 6.07) is 0. The molecular weight excluding hydrogens is 216 g/mol. The highest BCUT2D eigenvalue weighted by Crippen LogP contribution is 2.05. The van der Waals surface area contributed by atoms with Crippen LogP contribution in [0, 0.1) is 0 Å². The first-order valence-electron chi connectivity index (χ1n) is 5.05. The number of hydrogen-bond donors (Lipinski definition) is 3. The summed E-state index contributed by atoms with van der Waals surface area (Å²) in [6.45, 7) is 3.80. The number of morpholine rings is 1. The van der Waals surface area contributed by atoms with Crippen LogP contribution in [0.5, 0.6) is 0 Å². The average molecular weight is 234 g/mol. The van der Waals surface area contributed by atoms with Crippen molar-refractivity contribution in [2.45, 2.75) is 18.4 Å². The van der Waals surface area contributed by atoms with Gasteiger partial charge in [0, 0.05) is 25.0 Å². The summed E-state index contributed by atoms with van der Waals surface area (Å²) in [7, 11) is 0. The summed E-state index contributed by atoms with van der Waals surface area (Å²) in [5.74, 6) is -0.234. The first-order valence-corrected chi connectivity index (χ1v) is 5.57. The second kappa shape index (κ2) is 6.32. The smallest absolute Gasteiger partial charge is 0.248 e. The number of nitrogens with zero attached hydrogens (tertiary/aromatic N) is 1. The lowest BCUT2D eigenvalue weighted by Gasteiger charge is -2.33. The number of thiol groups is 1. The summed E-state index contributed by atoms with van der Waals surface area (Å²) in [6.07, 6.45) is -0.0103. The predicted octanol–water partition coefficient (Wildman–Crippen LogP) is -0.928. The molecule has 2 N–H and O–H groups in total. The van der Waals surface area contributed by atoms with Gasteiger partial charge >= 0.3 is 0 Å². The van der Waals surface area contributed by atoms with Crippen LogP contribution in [-0.4, -0.2) is 60.2 Å². The summed E-state index contributed by atoms with van der Waals surface area (Å²) in [5.41, 5.74) is 0. The van der Waals surface area contributed by atoms with E-state index in [1.165, 1.54) is 0 Å². The van der Waals surface area contributed by atoms with Crippen LogP contribution in [0.2, 0.25) is 0 Å². The molecule has 2 unspecified atom stereocenters. The topological polar surface area (TPSA) is 61.8 Å². The van der Waals surface area contributed by atoms with Crippen LogP contribution >= 0.6 is 12.6 Å². The maximum atomic E-state index is 11.2. The fourth-order valence-corrected chi connectivity index (χ4v) is 1.58. The highest BCUT2D eigenvalue weighted by molar-refractivity contribution is 7.80. The molecule has 2 atom stereocenters. The molecule has 1 aliphatic rings. The van der Waals surface area contributed by atoms with E-state index in [1.54, 1.807) is 4.90 Å². The number of amides is 1. The Bertz CT molecular complexity index is 214. The molecule has 1 amide bonds. The zero-order chi connectivity index (χ0) is 11.3. The maximum absolute atomic E-state index is 11.2. The minimum absolute atomic E-state index is 0.0103. The SMILES string of the molecule is CC(S)NCC1CN(C(=O)CO)CCO1. The lowest BCUT2D eigenvalue weighted by atomic mass is 10.2. The van der Waals surface area contributed by atoms with E-state index in [9.17, 15) is 4.79 Å². The Balaban J connectivity index is 2.32. The van der Waals surface area contributed by atoms with Crippen molar-refractivity contribution in [2.75, 3.05) is 32.8 Å². The second-order valence-corrected chi connectivity index (χ2v) is 4.35. The molecule has 0 aromatic rings. The molecular formula is C9H18N2O3S. The van der Waals surface area contributed by atoms with Crippen molar-refractivity contribution in [3.63, 3.8) is 0 Å². The van der Waals surface area contributed by atoms with Gasteiger partial charge in [0.05, 0.1) is 12.7 Å². The third-order valence-corrected chi connectivity index (χ3v) is 2.45. The van der Waals surface area contributed by atoms with Gasteiger partial charge in [-0.05, 0) is 6.92 Å². The van der Waals surface area contributed by atoms with Crippen LogP contribution in [0.25, 0.3) is 0 Å². The average Bonchev–Trinajstić information content (AvgIpc) is 2.25. The van der Waals surface area contributed by atoms with Crippen molar-refractivity contribution < 1.29 is 14.6 Å². The van der Waals surface area contributed by atoms with Gasteiger partial charge in [-0.2, -0.15) is 12.6 Å². The number of ether oxygens (including phenoxy) is 1. The molecule has 0 spiro atoms. The molecule has 0 bridgehead atoms. The minimum Gasteiger partial charge on any atom is -0.387 e. The molecule has 1 rings (SSSR count). The van der Waals surface area contributed by atoms with Crippen molar-refractivity contribution in [3.8, 4) is 0 Å². The number of nitrogens with one attached hydrogen (secondary N) is 1. The Morgan fingerprint density at radius 2 is 2.53 bits per heavy atom. The van der Waals surface area contributed by atoms with Gasteiger partial charge in [0.2, 0.25) is 5.91 Å². The third-order valence-electron chi connectivity index (χ3n) is 2.27. The van der Waals surface area contributed by atoms with E-state index in [0.29, 0.717) is 26.2 Å². The molecule has 1 aliphatic heterocycles. The van der Waals surface area contributed by atoms with E-state index < -0.39 is 6.61 Å². The maximum Gasteiger partial charge on any atom is 0.248 e. The summed E-state index contributed by atoms with van der Waals surface area (Å²) < 4.78 is 5.48. The number of aliphatic hydroxyl groups is 1. The molecule has 6 heteroatoms. The monoisotopic (exact) mass is 234 g/mol. The van der Waals surface area contributed by atoms with Crippen LogP contribution in [0.1, 0.15) is 6.92 Å². The first-order chi connectivity index (χ1) is 7.13. The summed E-state index contributed by atoms with van der Waals surface area (Å²) >= 11 is 4.19. The molecule has 15 heavy (non-hydrogen) atoms. The fourth-order valence-electron chi connectivity index (χ4n) is 1.47. The highest BCUT2D eigenvalue weighted by Gasteiger charge is 2.23. The zero-order valence-corrected chi connectivity index (χ0v) is 9.74. The predicted molar refractivity (Wildman–Crippen MR) is 59.9 cm³/mol. The van der Waals surface area contributed by atoms with E-state index in [-0.39, 0.29) is 17.4 Å². The Hall–Kier alpha value is -0.300. The minimum atomic E-state index is -0.427. The van der Waals surface area contributed by atoms with Gasteiger partial charge in [0.25, 0.3) is 0 Å². The van der Waals surface area contributed by atoms with Crippen molar-refractivity contribution in [1.29, 1.82) is 0 Å². The van der Waals surface area contributed by atoms with Gasteiger partial charge in [-0.1, -0.05) is 0 Å². The lowest BCUT2D eigenvalue weighted by Crippen LogP contribution is -2.50. The number of rotatable bonds is 4. The van der Waals surface area contributed by atoms with Crippen molar-refractivity contribution in [1.82, 2.24) is 10.2 Å². The van der Waals surface area contributed by atoms with E-state index in [2.05, 4.69) is 17.9 Å². The highest BCUT2D eigenvalue weighted by atomic mass is 32.1. The molecule has 0 aliphatic carbocycles. The van der Waals surface area contributed by atoms with Crippen LogP contribution in [0.15, 0.2) is 0 Å². The molecule has 88 valence electrons. The van der Waals surface area contributed by atoms with Crippen molar-refractivity contribution in [2.24, 2.45) is 0 Å².